The number of nitrogens with one attached hydrogen (secondary N) is 2. The van der Waals surface area contributed by atoms with Gasteiger partial charge in [-0.1, -0.05) is 6.07 Å². The Morgan fingerprint density at radius 1 is 1.44 bits per heavy atom. The summed E-state index contributed by atoms with van der Waals surface area (Å²) in [6, 6.07) is 4.06. The third kappa shape index (κ3) is 4.04. The first-order chi connectivity index (χ1) is 8.37. The van der Waals surface area contributed by atoms with E-state index in [1.54, 1.807) is 0 Å². The maximum absolute atomic E-state index is 13.2. The van der Waals surface area contributed by atoms with Gasteiger partial charge in [-0.05, 0) is 35.1 Å². The second-order valence-corrected chi connectivity index (χ2v) is 6.22. The summed E-state index contributed by atoms with van der Waals surface area (Å²) in [5.41, 5.74) is 0.122. The molecule has 0 radical (unpaired) electrons. The Hall–Kier alpha value is -0.990. The molecule has 8 heteroatoms. The minimum absolute atomic E-state index is 0.0506. The monoisotopic (exact) mass is 338 g/mol. The van der Waals surface area contributed by atoms with Gasteiger partial charge in [0.1, 0.15) is 5.82 Å². The molecule has 2 N–H and O–H groups in total. The van der Waals surface area contributed by atoms with Crippen LogP contribution in [0, 0.1) is 5.82 Å². The molecule has 0 bridgehead atoms. The van der Waals surface area contributed by atoms with E-state index in [-0.39, 0.29) is 22.3 Å². The van der Waals surface area contributed by atoms with Crippen LogP contribution in [0.5, 0.6) is 0 Å². The van der Waals surface area contributed by atoms with Crippen molar-refractivity contribution in [2.45, 2.75) is 0 Å². The van der Waals surface area contributed by atoms with Crippen molar-refractivity contribution in [2.24, 2.45) is 0 Å². The highest BCUT2D eigenvalue weighted by molar-refractivity contribution is 9.10. The van der Waals surface area contributed by atoms with Crippen molar-refractivity contribution in [1.82, 2.24) is 10.0 Å². The van der Waals surface area contributed by atoms with E-state index in [0.717, 1.165) is 0 Å². The molecule has 1 rings (SSSR count). The van der Waals surface area contributed by atoms with Crippen molar-refractivity contribution in [3.05, 3.63) is 34.1 Å². The number of hydrogen-bond acceptors (Lipinski definition) is 3. The molecule has 0 atom stereocenters. The smallest absolute Gasteiger partial charge is 0.252 e. The standard InChI is InChI=1S/C10H12BrFN2O3S/c1-13-18(16,17)6-5-14-10(15)7-3-2-4-8(12)9(7)11/h2-4,13H,5-6H2,1H3,(H,14,15). The SMILES string of the molecule is CNS(=O)(=O)CCNC(=O)c1cccc(F)c1Br. The van der Waals surface area contributed by atoms with Crippen LogP contribution >= 0.6 is 15.9 Å². The summed E-state index contributed by atoms with van der Waals surface area (Å²) in [5.74, 6) is -1.32. The molecule has 0 aliphatic carbocycles. The first-order valence-electron chi connectivity index (χ1n) is 5.01. The van der Waals surface area contributed by atoms with Gasteiger partial charge in [0.2, 0.25) is 10.0 Å². The molecule has 0 aromatic heterocycles. The van der Waals surface area contributed by atoms with Gasteiger partial charge in [0.25, 0.3) is 5.91 Å². The molecule has 5 nitrogen and oxygen atoms in total. The van der Waals surface area contributed by atoms with Crippen molar-refractivity contribution in [3.63, 3.8) is 0 Å². The average Bonchev–Trinajstić information content (AvgIpc) is 2.32. The van der Waals surface area contributed by atoms with Crippen LogP contribution in [-0.4, -0.2) is 33.7 Å². The number of sulfonamides is 1. The maximum Gasteiger partial charge on any atom is 0.252 e. The number of halogens is 2. The Kier molecular flexibility index (Phi) is 5.24. The summed E-state index contributed by atoms with van der Waals surface area (Å²) in [4.78, 5) is 11.7. The van der Waals surface area contributed by atoms with E-state index in [4.69, 9.17) is 0 Å². The van der Waals surface area contributed by atoms with Crippen LogP contribution in [0.4, 0.5) is 4.39 Å². The van der Waals surface area contributed by atoms with Gasteiger partial charge in [0.05, 0.1) is 15.8 Å². The van der Waals surface area contributed by atoms with E-state index in [1.807, 2.05) is 0 Å². The van der Waals surface area contributed by atoms with Crippen LogP contribution in [0.1, 0.15) is 10.4 Å². The predicted molar refractivity (Wildman–Crippen MR) is 69.3 cm³/mol. The summed E-state index contributed by atoms with van der Waals surface area (Å²) in [6.45, 7) is -0.0506. The van der Waals surface area contributed by atoms with Crippen molar-refractivity contribution in [3.8, 4) is 0 Å². The van der Waals surface area contributed by atoms with Crippen LogP contribution in [0.25, 0.3) is 0 Å². The Morgan fingerprint density at radius 2 is 2.11 bits per heavy atom. The largest absolute Gasteiger partial charge is 0.351 e. The van der Waals surface area contributed by atoms with Crippen LogP contribution in [0.3, 0.4) is 0 Å². The second kappa shape index (κ2) is 6.26. The Balaban J connectivity index is 2.64. The fraction of sp³-hybridized carbons (Fsp3) is 0.300. The molecule has 0 saturated carbocycles. The van der Waals surface area contributed by atoms with Crippen molar-refractivity contribution < 1.29 is 17.6 Å². The van der Waals surface area contributed by atoms with Gasteiger partial charge < -0.3 is 5.32 Å². The van der Waals surface area contributed by atoms with Gasteiger partial charge in [-0.2, -0.15) is 0 Å². The van der Waals surface area contributed by atoms with E-state index < -0.39 is 21.7 Å². The van der Waals surface area contributed by atoms with Crippen LogP contribution in [0.2, 0.25) is 0 Å². The lowest BCUT2D eigenvalue weighted by atomic mass is 10.2. The van der Waals surface area contributed by atoms with Crippen molar-refractivity contribution >= 4 is 31.9 Å². The second-order valence-electron chi connectivity index (χ2n) is 3.38. The normalized spacial score (nSPS) is 11.3. The highest BCUT2D eigenvalue weighted by Crippen LogP contribution is 2.19. The van der Waals surface area contributed by atoms with E-state index in [9.17, 15) is 17.6 Å². The molecule has 0 saturated heterocycles. The molecular formula is C10H12BrFN2O3S. The van der Waals surface area contributed by atoms with Crippen LogP contribution in [0.15, 0.2) is 22.7 Å². The van der Waals surface area contributed by atoms with Gasteiger partial charge in [-0.25, -0.2) is 17.5 Å². The molecule has 1 aromatic carbocycles. The molecule has 0 heterocycles. The summed E-state index contributed by atoms with van der Waals surface area (Å²) in [7, 11) is -2.07. The lowest BCUT2D eigenvalue weighted by molar-refractivity contribution is 0.0955. The van der Waals surface area contributed by atoms with E-state index in [1.165, 1.54) is 25.2 Å². The van der Waals surface area contributed by atoms with Gasteiger partial charge >= 0.3 is 0 Å². The Morgan fingerprint density at radius 3 is 2.72 bits per heavy atom. The highest BCUT2D eigenvalue weighted by Gasteiger charge is 2.13. The van der Waals surface area contributed by atoms with Gasteiger partial charge in [0.15, 0.2) is 0 Å². The van der Waals surface area contributed by atoms with Crippen LogP contribution < -0.4 is 10.0 Å². The molecule has 1 amide bonds. The zero-order valence-corrected chi connectivity index (χ0v) is 11.9. The summed E-state index contributed by atoms with van der Waals surface area (Å²) in [6.07, 6.45) is 0. The summed E-state index contributed by atoms with van der Waals surface area (Å²) >= 11 is 2.96. The maximum atomic E-state index is 13.2. The molecule has 0 aliphatic rings. The average molecular weight is 339 g/mol. The predicted octanol–water partition coefficient (Wildman–Crippen LogP) is 0.867. The molecule has 18 heavy (non-hydrogen) atoms. The molecule has 1 aromatic rings. The minimum atomic E-state index is -3.37. The lowest BCUT2D eigenvalue weighted by Gasteiger charge is -2.07. The van der Waals surface area contributed by atoms with Gasteiger partial charge in [-0.3, -0.25) is 4.79 Å². The van der Waals surface area contributed by atoms with Crippen molar-refractivity contribution in [1.29, 1.82) is 0 Å². The van der Waals surface area contributed by atoms with E-state index in [0.29, 0.717) is 0 Å². The van der Waals surface area contributed by atoms with Crippen LogP contribution in [-0.2, 0) is 10.0 Å². The number of rotatable bonds is 5. The number of hydrogen-bond donors (Lipinski definition) is 2. The highest BCUT2D eigenvalue weighted by atomic mass is 79.9. The fourth-order valence-electron chi connectivity index (χ4n) is 1.18. The lowest BCUT2D eigenvalue weighted by Crippen LogP contribution is -2.33. The third-order valence-corrected chi connectivity index (χ3v) is 4.33. The summed E-state index contributed by atoms with van der Waals surface area (Å²) < 4.78 is 37.6. The number of carbonyl (C=O) groups excluding carboxylic acids is 1. The number of amides is 1. The molecular weight excluding hydrogens is 327 g/mol. The van der Waals surface area contributed by atoms with Crippen molar-refractivity contribution in [2.75, 3.05) is 19.3 Å². The summed E-state index contributed by atoms with van der Waals surface area (Å²) in [5, 5.41) is 2.40. The Bertz CT molecular complexity index is 548. The molecule has 100 valence electrons. The van der Waals surface area contributed by atoms with E-state index in [2.05, 4.69) is 26.0 Å². The molecule has 0 spiro atoms. The van der Waals surface area contributed by atoms with E-state index >= 15 is 0 Å². The quantitative estimate of drug-likeness (QED) is 0.836. The zero-order chi connectivity index (χ0) is 13.8. The number of benzene rings is 1. The molecule has 0 unspecified atom stereocenters. The van der Waals surface area contributed by atoms with Gasteiger partial charge in [0, 0.05) is 6.54 Å². The molecule has 0 fully saturated rings. The minimum Gasteiger partial charge on any atom is -0.351 e. The number of carbonyl (C=O) groups is 1. The fourth-order valence-corrected chi connectivity index (χ4v) is 2.19. The topological polar surface area (TPSA) is 75.3 Å². The first kappa shape index (κ1) is 15.1. The first-order valence-corrected chi connectivity index (χ1v) is 7.45. The van der Waals surface area contributed by atoms with Gasteiger partial charge in [-0.15, -0.1) is 0 Å². The third-order valence-electron chi connectivity index (χ3n) is 2.16. The Labute approximate surface area is 113 Å². The molecule has 0 aliphatic heterocycles. The zero-order valence-electron chi connectivity index (χ0n) is 9.54.